The second-order valence-electron chi connectivity index (χ2n) is 8.04. The number of benzene rings is 2. The van der Waals surface area contributed by atoms with Crippen LogP contribution in [0.25, 0.3) is 22.4 Å². The molecule has 30 heavy (non-hydrogen) atoms. The van der Waals surface area contributed by atoms with Crippen LogP contribution in [0, 0.1) is 17.2 Å². The lowest BCUT2D eigenvalue weighted by atomic mass is 9.99. The van der Waals surface area contributed by atoms with Crippen LogP contribution >= 0.6 is 0 Å². The number of hydrogen-bond donors (Lipinski definition) is 0. The average molecular weight is 396 g/mol. The zero-order chi connectivity index (χ0) is 20.3. The molecule has 150 valence electrons. The smallest absolute Gasteiger partial charge is 0.156 e. The van der Waals surface area contributed by atoms with Gasteiger partial charge in [-0.25, -0.2) is 0 Å². The Morgan fingerprint density at radius 2 is 1.90 bits per heavy atom. The first kappa shape index (κ1) is 18.7. The van der Waals surface area contributed by atoms with Crippen LogP contribution in [0.3, 0.4) is 0 Å². The lowest BCUT2D eigenvalue weighted by Gasteiger charge is -2.29. The van der Waals surface area contributed by atoms with E-state index in [1.165, 1.54) is 5.56 Å². The van der Waals surface area contributed by atoms with E-state index in [0.29, 0.717) is 0 Å². The molecule has 2 aromatic carbocycles. The summed E-state index contributed by atoms with van der Waals surface area (Å²) >= 11 is 0. The Labute approximate surface area is 176 Å². The largest absolute Gasteiger partial charge is 0.454 e. The van der Waals surface area contributed by atoms with Crippen molar-refractivity contribution in [3.63, 3.8) is 0 Å². The van der Waals surface area contributed by atoms with Crippen LogP contribution < -0.4 is 0 Å². The summed E-state index contributed by atoms with van der Waals surface area (Å²) in [6, 6.07) is 22.9. The first-order valence-corrected chi connectivity index (χ1v) is 10.5. The minimum atomic E-state index is 0.118. The molecule has 5 rings (SSSR count). The second-order valence-corrected chi connectivity index (χ2v) is 8.04. The summed E-state index contributed by atoms with van der Waals surface area (Å²) < 4.78 is 8.14. The highest BCUT2D eigenvalue weighted by molar-refractivity contribution is 5.82. The van der Waals surface area contributed by atoms with Gasteiger partial charge in [0, 0.05) is 30.2 Å². The number of furan rings is 1. The van der Waals surface area contributed by atoms with E-state index < -0.39 is 0 Å². The molecular weight excluding hydrogens is 372 g/mol. The maximum absolute atomic E-state index is 9.35. The zero-order valence-electron chi connectivity index (χ0n) is 16.9. The highest BCUT2D eigenvalue weighted by Gasteiger charge is 2.23. The molecule has 3 heterocycles. The Morgan fingerprint density at radius 1 is 1.07 bits per heavy atom. The Bertz CT molecular complexity index is 1150. The SMILES string of the molecule is N#C[C@@H]1CCCN(Cc2cn(Cc3ccccc3)nc2-c2cc3ccccc3o2)C1. The summed E-state index contributed by atoms with van der Waals surface area (Å²) in [6.07, 6.45) is 4.19. The number of likely N-dealkylation sites (tertiary alicyclic amines) is 1. The summed E-state index contributed by atoms with van der Waals surface area (Å²) in [5, 5.41) is 15.3. The van der Waals surface area contributed by atoms with Crippen molar-refractivity contribution in [2.24, 2.45) is 5.92 Å². The van der Waals surface area contributed by atoms with E-state index in [0.717, 1.165) is 67.0 Å². The van der Waals surface area contributed by atoms with Crippen molar-refractivity contribution in [1.29, 1.82) is 5.26 Å². The van der Waals surface area contributed by atoms with E-state index >= 15 is 0 Å². The minimum absolute atomic E-state index is 0.118. The maximum Gasteiger partial charge on any atom is 0.156 e. The summed E-state index contributed by atoms with van der Waals surface area (Å²) in [5.41, 5.74) is 4.12. The molecule has 0 amide bonds. The van der Waals surface area contributed by atoms with Gasteiger partial charge in [0.15, 0.2) is 5.76 Å². The number of nitriles is 1. The summed E-state index contributed by atoms with van der Waals surface area (Å²) in [4.78, 5) is 2.37. The molecule has 5 nitrogen and oxygen atoms in total. The van der Waals surface area contributed by atoms with Gasteiger partial charge in [-0.2, -0.15) is 10.4 Å². The van der Waals surface area contributed by atoms with Crippen molar-refractivity contribution in [2.45, 2.75) is 25.9 Å². The van der Waals surface area contributed by atoms with Crippen molar-refractivity contribution in [3.05, 3.63) is 78.0 Å². The molecule has 1 fully saturated rings. The normalized spacial score (nSPS) is 17.2. The van der Waals surface area contributed by atoms with Gasteiger partial charge < -0.3 is 4.42 Å². The van der Waals surface area contributed by atoms with Crippen molar-refractivity contribution in [2.75, 3.05) is 13.1 Å². The molecule has 0 spiro atoms. The molecule has 1 atom stereocenters. The van der Waals surface area contributed by atoms with Gasteiger partial charge in [-0.3, -0.25) is 9.58 Å². The van der Waals surface area contributed by atoms with Crippen LogP contribution in [0.4, 0.5) is 0 Å². The Kier molecular flexibility index (Phi) is 5.08. The number of para-hydroxylation sites is 1. The van der Waals surface area contributed by atoms with Crippen molar-refractivity contribution < 1.29 is 4.42 Å². The third kappa shape index (κ3) is 3.87. The van der Waals surface area contributed by atoms with Gasteiger partial charge in [-0.05, 0) is 37.1 Å². The first-order chi connectivity index (χ1) is 14.8. The molecule has 0 aliphatic carbocycles. The first-order valence-electron chi connectivity index (χ1n) is 10.5. The van der Waals surface area contributed by atoms with Crippen LogP contribution in [0.2, 0.25) is 0 Å². The number of hydrogen-bond acceptors (Lipinski definition) is 4. The van der Waals surface area contributed by atoms with E-state index in [1.54, 1.807) is 0 Å². The minimum Gasteiger partial charge on any atom is -0.454 e. The van der Waals surface area contributed by atoms with Gasteiger partial charge >= 0.3 is 0 Å². The fourth-order valence-corrected chi connectivity index (χ4v) is 4.28. The number of nitrogens with zero attached hydrogens (tertiary/aromatic N) is 4. The van der Waals surface area contributed by atoms with E-state index in [2.05, 4.69) is 53.6 Å². The highest BCUT2D eigenvalue weighted by atomic mass is 16.3. The van der Waals surface area contributed by atoms with E-state index in [-0.39, 0.29) is 5.92 Å². The van der Waals surface area contributed by atoms with E-state index in [4.69, 9.17) is 9.52 Å². The predicted molar refractivity (Wildman–Crippen MR) is 117 cm³/mol. The Morgan fingerprint density at radius 3 is 2.73 bits per heavy atom. The van der Waals surface area contributed by atoms with Crippen LogP contribution in [-0.2, 0) is 13.1 Å². The lowest BCUT2D eigenvalue weighted by molar-refractivity contribution is 0.192. The Hall–Kier alpha value is -3.36. The maximum atomic E-state index is 9.35. The molecule has 2 aromatic heterocycles. The van der Waals surface area contributed by atoms with Crippen LogP contribution in [0.15, 0.2) is 71.3 Å². The second kappa shape index (κ2) is 8.17. The summed E-state index contributed by atoms with van der Waals surface area (Å²) in [6.45, 7) is 3.33. The zero-order valence-corrected chi connectivity index (χ0v) is 16.9. The lowest BCUT2D eigenvalue weighted by Crippen LogP contribution is -2.34. The fraction of sp³-hybridized carbons (Fsp3) is 0.280. The standard InChI is InChI=1S/C25H24N4O/c26-14-20-9-6-12-28(15-20)17-22-18-29(16-19-7-2-1-3-8-19)27-25(22)24-13-21-10-4-5-11-23(21)30-24/h1-5,7-8,10-11,13,18,20H,6,9,12,15-17H2/t20-/m0/s1. The number of aromatic nitrogens is 2. The molecule has 0 radical (unpaired) electrons. The number of fused-ring (bicyclic) bond motifs is 1. The molecule has 4 aromatic rings. The molecule has 1 aliphatic heterocycles. The molecule has 1 aliphatic rings. The quantitative estimate of drug-likeness (QED) is 0.472. The summed E-state index contributed by atoms with van der Waals surface area (Å²) in [7, 11) is 0. The van der Waals surface area contributed by atoms with Crippen molar-refractivity contribution in [1.82, 2.24) is 14.7 Å². The van der Waals surface area contributed by atoms with Crippen molar-refractivity contribution in [3.8, 4) is 17.5 Å². The van der Waals surface area contributed by atoms with Crippen LogP contribution in [0.5, 0.6) is 0 Å². The van der Waals surface area contributed by atoms with Crippen molar-refractivity contribution >= 4 is 11.0 Å². The van der Waals surface area contributed by atoms with Gasteiger partial charge in [0.1, 0.15) is 11.3 Å². The number of rotatable bonds is 5. The van der Waals surface area contributed by atoms with E-state index in [1.807, 2.05) is 28.9 Å². The van der Waals surface area contributed by atoms with Gasteiger partial charge in [0.25, 0.3) is 0 Å². The molecule has 0 saturated carbocycles. The predicted octanol–water partition coefficient (Wildman–Crippen LogP) is 5.08. The molecule has 0 N–H and O–H groups in total. The van der Waals surface area contributed by atoms with Gasteiger partial charge in [-0.15, -0.1) is 0 Å². The van der Waals surface area contributed by atoms with Crippen LogP contribution in [0.1, 0.15) is 24.0 Å². The van der Waals surface area contributed by atoms with Gasteiger partial charge in [-0.1, -0.05) is 48.5 Å². The monoisotopic (exact) mass is 396 g/mol. The average Bonchev–Trinajstić information content (AvgIpc) is 3.38. The fourth-order valence-electron chi connectivity index (χ4n) is 4.28. The third-order valence-electron chi connectivity index (χ3n) is 5.77. The molecule has 0 unspecified atom stereocenters. The highest BCUT2D eigenvalue weighted by Crippen LogP contribution is 2.30. The van der Waals surface area contributed by atoms with Gasteiger partial charge in [0.2, 0.25) is 0 Å². The molecular formula is C25H24N4O. The topological polar surface area (TPSA) is 58.0 Å². The molecule has 5 heteroatoms. The third-order valence-corrected chi connectivity index (χ3v) is 5.77. The van der Waals surface area contributed by atoms with E-state index in [9.17, 15) is 5.26 Å². The number of piperidine rings is 1. The van der Waals surface area contributed by atoms with Crippen LogP contribution in [-0.4, -0.2) is 27.8 Å². The molecule has 0 bridgehead atoms. The Balaban J connectivity index is 1.49. The summed E-state index contributed by atoms with van der Waals surface area (Å²) in [5.74, 6) is 0.916. The van der Waals surface area contributed by atoms with Gasteiger partial charge in [0.05, 0.1) is 18.5 Å². The molecule has 1 saturated heterocycles.